The smallest absolute Gasteiger partial charge is 0.263 e. The SMILES string of the molecule is Cc1c(F)cc(N)cc1S(=O)(=O)Nc1cccc(F)n1. The number of nitrogens with zero attached hydrogens (tertiary/aromatic N) is 1. The number of hydrogen-bond acceptors (Lipinski definition) is 4. The minimum atomic E-state index is -4.10. The third kappa shape index (κ3) is 2.85. The molecule has 0 saturated heterocycles. The molecule has 20 heavy (non-hydrogen) atoms. The first kappa shape index (κ1) is 14.2. The molecule has 0 saturated carbocycles. The number of nitrogen functional groups attached to an aromatic ring is 1. The zero-order valence-electron chi connectivity index (χ0n) is 10.4. The normalized spacial score (nSPS) is 11.3. The Balaban J connectivity index is 2.46. The number of pyridine rings is 1. The molecule has 0 aliphatic carbocycles. The van der Waals surface area contributed by atoms with Crippen LogP contribution in [0.15, 0.2) is 35.2 Å². The first-order valence-corrected chi connectivity index (χ1v) is 6.99. The van der Waals surface area contributed by atoms with E-state index in [-0.39, 0.29) is 22.0 Å². The minimum Gasteiger partial charge on any atom is -0.399 e. The standard InChI is InChI=1S/C12H11F2N3O2S/c1-7-9(13)5-8(15)6-10(7)20(18,19)17-12-4-2-3-11(14)16-12/h2-6H,15H2,1H3,(H,16,17). The highest BCUT2D eigenvalue weighted by Gasteiger charge is 2.20. The molecule has 0 amide bonds. The summed E-state index contributed by atoms with van der Waals surface area (Å²) in [5.74, 6) is -1.77. The fourth-order valence-electron chi connectivity index (χ4n) is 1.61. The number of hydrogen-bond donors (Lipinski definition) is 2. The molecule has 1 heterocycles. The summed E-state index contributed by atoms with van der Waals surface area (Å²) in [4.78, 5) is 3.06. The van der Waals surface area contributed by atoms with Gasteiger partial charge < -0.3 is 5.73 Å². The third-order valence-corrected chi connectivity index (χ3v) is 4.04. The van der Waals surface area contributed by atoms with Gasteiger partial charge in [-0.05, 0) is 31.2 Å². The highest BCUT2D eigenvalue weighted by molar-refractivity contribution is 7.92. The van der Waals surface area contributed by atoms with E-state index in [0.717, 1.165) is 18.2 Å². The number of nitrogens with two attached hydrogens (primary N) is 1. The van der Waals surface area contributed by atoms with E-state index in [1.54, 1.807) is 0 Å². The van der Waals surface area contributed by atoms with E-state index in [1.165, 1.54) is 19.1 Å². The number of halogens is 2. The van der Waals surface area contributed by atoms with Crippen molar-refractivity contribution in [2.45, 2.75) is 11.8 Å². The van der Waals surface area contributed by atoms with Crippen LogP contribution >= 0.6 is 0 Å². The van der Waals surface area contributed by atoms with Gasteiger partial charge in [-0.3, -0.25) is 4.72 Å². The first-order chi connectivity index (χ1) is 9.29. The van der Waals surface area contributed by atoms with E-state index >= 15 is 0 Å². The van der Waals surface area contributed by atoms with E-state index in [2.05, 4.69) is 9.71 Å². The average Bonchev–Trinajstić information content (AvgIpc) is 2.33. The Hall–Kier alpha value is -2.22. The van der Waals surface area contributed by atoms with Crippen molar-refractivity contribution in [1.82, 2.24) is 4.98 Å². The second kappa shape index (κ2) is 5.04. The van der Waals surface area contributed by atoms with Crippen molar-refractivity contribution in [1.29, 1.82) is 0 Å². The van der Waals surface area contributed by atoms with Crippen molar-refractivity contribution in [3.05, 3.63) is 47.7 Å². The number of aromatic nitrogens is 1. The lowest BCUT2D eigenvalue weighted by Gasteiger charge is -2.11. The molecule has 2 rings (SSSR count). The van der Waals surface area contributed by atoms with Gasteiger partial charge in [0.2, 0.25) is 5.95 Å². The van der Waals surface area contributed by atoms with Crippen molar-refractivity contribution in [3.63, 3.8) is 0 Å². The van der Waals surface area contributed by atoms with Gasteiger partial charge in [0.15, 0.2) is 0 Å². The third-order valence-electron chi connectivity index (χ3n) is 2.56. The molecule has 8 heteroatoms. The number of anilines is 2. The average molecular weight is 299 g/mol. The Morgan fingerprint density at radius 2 is 1.95 bits per heavy atom. The summed E-state index contributed by atoms with van der Waals surface area (Å²) in [6, 6.07) is 5.80. The Labute approximate surface area is 114 Å². The number of nitrogens with one attached hydrogen (secondary N) is 1. The molecule has 0 aliphatic heterocycles. The molecule has 0 spiro atoms. The fourth-order valence-corrected chi connectivity index (χ4v) is 2.90. The van der Waals surface area contributed by atoms with Gasteiger partial charge in [0.05, 0.1) is 4.90 Å². The fraction of sp³-hybridized carbons (Fsp3) is 0.0833. The number of rotatable bonds is 3. The predicted molar refractivity (Wildman–Crippen MR) is 70.6 cm³/mol. The molecule has 5 nitrogen and oxygen atoms in total. The van der Waals surface area contributed by atoms with Gasteiger partial charge in [-0.2, -0.15) is 4.39 Å². The molecule has 1 aromatic heterocycles. The van der Waals surface area contributed by atoms with E-state index in [0.29, 0.717) is 0 Å². The van der Waals surface area contributed by atoms with Gasteiger partial charge in [0.1, 0.15) is 11.6 Å². The van der Waals surface area contributed by atoms with Gasteiger partial charge in [-0.15, -0.1) is 0 Å². The van der Waals surface area contributed by atoms with Gasteiger partial charge >= 0.3 is 0 Å². The molecule has 0 radical (unpaired) electrons. The van der Waals surface area contributed by atoms with E-state index in [9.17, 15) is 17.2 Å². The van der Waals surface area contributed by atoms with E-state index in [1.807, 2.05) is 0 Å². The second-order valence-corrected chi connectivity index (χ2v) is 5.73. The Bertz CT molecular complexity index is 763. The van der Waals surface area contributed by atoms with Crippen LogP contribution in [0, 0.1) is 18.7 Å². The molecule has 2 aromatic rings. The largest absolute Gasteiger partial charge is 0.399 e. The maximum Gasteiger partial charge on any atom is 0.263 e. The lowest BCUT2D eigenvalue weighted by atomic mass is 10.2. The maximum atomic E-state index is 13.5. The van der Waals surface area contributed by atoms with Crippen LogP contribution < -0.4 is 10.5 Å². The molecular formula is C12H11F2N3O2S. The monoisotopic (exact) mass is 299 g/mol. The summed E-state index contributed by atoms with van der Waals surface area (Å²) in [5.41, 5.74) is 5.33. The van der Waals surface area contributed by atoms with E-state index < -0.39 is 21.8 Å². The van der Waals surface area contributed by atoms with Gasteiger partial charge in [0, 0.05) is 11.3 Å². The highest BCUT2D eigenvalue weighted by atomic mass is 32.2. The molecule has 3 N–H and O–H groups in total. The Kier molecular flexibility index (Phi) is 3.58. The summed E-state index contributed by atoms with van der Waals surface area (Å²) in [6.07, 6.45) is 0. The molecule has 106 valence electrons. The van der Waals surface area contributed by atoms with Gasteiger partial charge in [-0.1, -0.05) is 6.07 Å². The lowest BCUT2D eigenvalue weighted by molar-refractivity contribution is 0.583. The van der Waals surface area contributed by atoms with Crippen molar-refractivity contribution in [2.24, 2.45) is 0 Å². The zero-order valence-corrected chi connectivity index (χ0v) is 11.2. The predicted octanol–water partition coefficient (Wildman–Crippen LogP) is 2.05. The lowest BCUT2D eigenvalue weighted by Crippen LogP contribution is -2.16. The van der Waals surface area contributed by atoms with Crippen LogP contribution in [-0.2, 0) is 10.0 Å². The highest BCUT2D eigenvalue weighted by Crippen LogP contribution is 2.23. The molecule has 0 bridgehead atoms. The van der Waals surface area contributed by atoms with Crippen molar-refractivity contribution >= 4 is 21.5 Å². The van der Waals surface area contributed by atoms with Crippen LogP contribution in [0.3, 0.4) is 0 Å². The molecule has 0 fully saturated rings. The topological polar surface area (TPSA) is 85.1 Å². The van der Waals surface area contributed by atoms with Gasteiger partial charge in [0.25, 0.3) is 10.0 Å². The number of sulfonamides is 1. The van der Waals surface area contributed by atoms with Crippen molar-refractivity contribution < 1.29 is 17.2 Å². The summed E-state index contributed by atoms with van der Waals surface area (Å²) in [7, 11) is -4.10. The summed E-state index contributed by atoms with van der Waals surface area (Å²) >= 11 is 0. The van der Waals surface area contributed by atoms with Crippen LogP contribution in [0.5, 0.6) is 0 Å². The maximum absolute atomic E-state index is 13.5. The second-order valence-electron chi connectivity index (χ2n) is 4.08. The molecule has 1 aromatic carbocycles. The van der Waals surface area contributed by atoms with Crippen LogP contribution in [0.1, 0.15) is 5.56 Å². The quantitative estimate of drug-likeness (QED) is 0.671. The minimum absolute atomic E-state index is 0.0272. The first-order valence-electron chi connectivity index (χ1n) is 5.50. The molecule has 0 atom stereocenters. The van der Waals surface area contributed by atoms with Gasteiger partial charge in [-0.25, -0.2) is 17.8 Å². The molecule has 0 aliphatic rings. The van der Waals surface area contributed by atoms with Crippen LogP contribution in [0.25, 0.3) is 0 Å². The van der Waals surface area contributed by atoms with E-state index in [4.69, 9.17) is 5.73 Å². The summed E-state index contributed by atoms with van der Waals surface area (Å²) in [5, 5.41) is 0. The van der Waals surface area contributed by atoms with Crippen molar-refractivity contribution in [3.8, 4) is 0 Å². The molecular weight excluding hydrogens is 288 g/mol. The van der Waals surface area contributed by atoms with Crippen LogP contribution in [0.2, 0.25) is 0 Å². The molecule has 0 unspecified atom stereocenters. The summed E-state index contributed by atoms with van der Waals surface area (Å²) < 4.78 is 52.8. The number of benzene rings is 1. The van der Waals surface area contributed by atoms with Crippen molar-refractivity contribution in [2.75, 3.05) is 10.5 Å². The van der Waals surface area contributed by atoms with Crippen LogP contribution in [-0.4, -0.2) is 13.4 Å². The summed E-state index contributed by atoms with van der Waals surface area (Å²) in [6.45, 7) is 1.31. The van der Waals surface area contributed by atoms with Crippen LogP contribution in [0.4, 0.5) is 20.3 Å². The Morgan fingerprint density at radius 3 is 2.60 bits per heavy atom. The zero-order chi connectivity index (χ0) is 14.9. The Morgan fingerprint density at radius 1 is 1.25 bits per heavy atom.